The molecule has 2 amide bonds. The Morgan fingerprint density at radius 3 is 2.64 bits per heavy atom. The Labute approximate surface area is 146 Å². The molecule has 25 heavy (non-hydrogen) atoms. The summed E-state index contributed by atoms with van der Waals surface area (Å²) in [5.74, 6) is 0.0179. The van der Waals surface area contributed by atoms with Gasteiger partial charge in [0.1, 0.15) is 11.2 Å². The third-order valence-corrected chi connectivity index (χ3v) is 5.03. The minimum Gasteiger partial charge on any atom is -0.308 e. The zero-order chi connectivity index (χ0) is 18.0. The van der Waals surface area contributed by atoms with Gasteiger partial charge in [-0.05, 0) is 29.8 Å². The van der Waals surface area contributed by atoms with Crippen LogP contribution in [-0.4, -0.2) is 23.2 Å². The summed E-state index contributed by atoms with van der Waals surface area (Å²) < 4.78 is 52.4. The van der Waals surface area contributed by atoms with E-state index >= 15 is 0 Å². The number of thioether (sulfide) groups is 1. The summed E-state index contributed by atoms with van der Waals surface area (Å²) in [6, 6.07) is 10.1. The van der Waals surface area contributed by atoms with Crippen LogP contribution < -0.4 is 5.32 Å². The number of alkyl halides is 3. The largest absolute Gasteiger partial charge is 0.416 e. The van der Waals surface area contributed by atoms with Gasteiger partial charge in [-0.15, -0.1) is 11.8 Å². The number of nitrogens with one attached hydrogen (secondary N) is 1. The van der Waals surface area contributed by atoms with E-state index in [9.17, 15) is 22.4 Å². The molecule has 0 bridgehead atoms. The summed E-state index contributed by atoms with van der Waals surface area (Å²) >= 11 is 1.37. The maximum Gasteiger partial charge on any atom is 0.416 e. The summed E-state index contributed by atoms with van der Waals surface area (Å²) in [6.45, 7) is 0.367. The van der Waals surface area contributed by atoms with E-state index in [1.165, 1.54) is 40.9 Å². The molecule has 3 nitrogen and oxygen atoms in total. The first-order valence-electron chi connectivity index (χ1n) is 7.47. The Morgan fingerprint density at radius 2 is 1.92 bits per heavy atom. The molecule has 1 heterocycles. The quantitative estimate of drug-likeness (QED) is 0.744. The molecule has 0 unspecified atom stereocenters. The van der Waals surface area contributed by atoms with Crippen molar-refractivity contribution in [2.75, 3.05) is 17.6 Å². The van der Waals surface area contributed by atoms with Crippen LogP contribution in [0.5, 0.6) is 0 Å². The lowest BCUT2D eigenvalue weighted by atomic mass is 10.1. The van der Waals surface area contributed by atoms with Crippen molar-refractivity contribution in [3.05, 3.63) is 65.5 Å². The number of carbonyl (C=O) groups excluding carboxylic acids is 1. The second-order valence-corrected chi connectivity index (χ2v) is 6.64. The Balaban J connectivity index is 1.81. The average molecular weight is 370 g/mol. The predicted octanol–water partition coefficient (Wildman–Crippen LogP) is 5.12. The smallest absolute Gasteiger partial charge is 0.308 e. The summed E-state index contributed by atoms with van der Waals surface area (Å²) in [5.41, 5.74) is -0.333. The van der Waals surface area contributed by atoms with Crippen molar-refractivity contribution >= 4 is 23.5 Å². The molecule has 2 aromatic rings. The zero-order valence-electron chi connectivity index (χ0n) is 12.9. The number of rotatable bonds is 2. The first kappa shape index (κ1) is 17.6. The highest BCUT2D eigenvalue weighted by atomic mass is 32.2. The van der Waals surface area contributed by atoms with Crippen LogP contribution in [-0.2, 0) is 6.18 Å². The van der Waals surface area contributed by atoms with E-state index in [0.717, 1.165) is 12.1 Å². The number of nitrogens with zero attached hydrogens (tertiary/aromatic N) is 1. The van der Waals surface area contributed by atoms with E-state index in [2.05, 4.69) is 5.32 Å². The molecule has 1 fully saturated rings. The van der Waals surface area contributed by atoms with Crippen molar-refractivity contribution in [2.24, 2.45) is 0 Å². The van der Waals surface area contributed by atoms with Gasteiger partial charge in [-0.2, -0.15) is 13.2 Å². The number of hydrogen-bond acceptors (Lipinski definition) is 2. The molecule has 3 rings (SSSR count). The van der Waals surface area contributed by atoms with Gasteiger partial charge in [-0.25, -0.2) is 9.18 Å². The third-order valence-electron chi connectivity index (χ3n) is 3.77. The fourth-order valence-electron chi connectivity index (χ4n) is 2.57. The molecular formula is C17H14F4N2OS. The lowest BCUT2D eigenvalue weighted by molar-refractivity contribution is -0.137. The normalized spacial score (nSPS) is 17.6. The second-order valence-electron chi connectivity index (χ2n) is 5.45. The molecular weight excluding hydrogens is 356 g/mol. The van der Waals surface area contributed by atoms with Gasteiger partial charge in [0.2, 0.25) is 0 Å². The van der Waals surface area contributed by atoms with Crippen LogP contribution in [0.4, 0.5) is 28.0 Å². The van der Waals surface area contributed by atoms with Crippen LogP contribution in [0.15, 0.2) is 48.5 Å². The molecule has 132 valence electrons. The summed E-state index contributed by atoms with van der Waals surface area (Å²) in [4.78, 5) is 13.9. The molecule has 0 saturated carbocycles. The molecule has 1 aliphatic rings. The number of halogens is 4. The summed E-state index contributed by atoms with van der Waals surface area (Å²) in [6.07, 6.45) is -4.44. The number of benzene rings is 2. The van der Waals surface area contributed by atoms with Crippen molar-refractivity contribution < 1.29 is 22.4 Å². The lowest BCUT2D eigenvalue weighted by Gasteiger charge is -2.25. The van der Waals surface area contributed by atoms with Crippen molar-refractivity contribution in [2.45, 2.75) is 11.6 Å². The van der Waals surface area contributed by atoms with Crippen molar-refractivity contribution in [1.82, 2.24) is 4.90 Å². The SMILES string of the molecule is O=C(Nc1ccccc1F)N1CCS[C@@H]1c1cccc(C(F)(F)F)c1. The Kier molecular flexibility index (Phi) is 4.89. The molecule has 0 aromatic heterocycles. The van der Waals surface area contributed by atoms with Gasteiger partial charge < -0.3 is 10.2 Å². The first-order valence-corrected chi connectivity index (χ1v) is 8.52. The number of urea groups is 1. The lowest BCUT2D eigenvalue weighted by Crippen LogP contribution is -2.34. The van der Waals surface area contributed by atoms with E-state index < -0.39 is 29.0 Å². The highest BCUT2D eigenvalue weighted by Crippen LogP contribution is 2.40. The number of para-hydroxylation sites is 1. The summed E-state index contributed by atoms with van der Waals surface area (Å²) in [7, 11) is 0. The van der Waals surface area contributed by atoms with Crippen LogP contribution in [0.2, 0.25) is 0 Å². The van der Waals surface area contributed by atoms with Gasteiger partial charge in [0.25, 0.3) is 0 Å². The average Bonchev–Trinajstić information content (AvgIpc) is 3.06. The molecule has 2 aromatic carbocycles. The van der Waals surface area contributed by atoms with E-state index in [1.54, 1.807) is 12.1 Å². The van der Waals surface area contributed by atoms with Crippen LogP contribution in [0.25, 0.3) is 0 Å². The van der Waals surface area contributed by atoms with Gasteiger partial charge in [-0.3, -0.25) is 0 Å². The molecule has 0 radical (unpaired) electrons. The van der Waals surface area contributed by atoms with Crippen LogP contribution in [0, 0.1) is 5.82 Å². The zero-order valence-corrected chi connectivity index (χ0v) is 13.7. The van der Waals surface area contributed by atoms with E-state index in [-0.39, 0.29) is 5.69 Å². The van der Waals surface area contributed by atoms with Gasteiger partial charge in [0, 0.05) is 12.3 Å². The monoisotopic (exact) mass is 370 g/mol. The minimum absolute atomic E-state index is 0.0344. The number of anilines is 1. The first-order chi connectivity index (χ1) is 11.9. The molecule has 1 atom stereocenters. The second kappa shape index (κ2) is 6.95. The number of carbonyl (C=O) groups is 1. The van der Waals surface area contributed by atoms with Crippen molar-refractivity contribution in [3.63, 3.8) is 0 Å². The van der Waals surface area contributed by atoms with Crippen molar-refractivity contribution in [3.8, 4) is 0 Å². The highest BCUT2D eigenvalue weighted by Gasteiger charge is 2.34. The molecule has 1 saturated heterocycles. The molecule has 8 heteroatoms. The highest BCUT2D eigenvalue weighted by molar-refractivity contribution is 7.99. The molecule has 0 aliphatic carbocycles. The van der Waals surface area contributed by atoms with Gasteiger partial charge in [0.15, 0.2) is 0 Å². The fourth-order valence-corrected chi connectivity index (χ4v) is 3.82. The van der Waals surface area contributed by atoms with Crippen LogP contribution >= 0.6 is 11.8 Å². The van der Waals surface area contributed by atoms with Crippen LogP contribution in [0.1, 0.15) is 16.5 Å². The van der Waals surface area contributed by atoms with Gasteiger partial charge in [-0.1, -0.05) is 24.3 Å². The Bertz CT molecular complexity index is 781. The third kappa shape index (κ3) is 3.89. The Morgan fingerprint density at radius 1 is 1.16 bits per heavy atom. The van der Waals surface area contributed by atoms with Gasteiger partial charge >= 0.3 is 12.2 Å². The van der Waals surface area contributed by atoms with E-state index in [4.69, 9.17) is 0 Å². The molecule has 0 spiro atoms. The van der Waals surface area contributed by atoms with Gasteiger partial charge in [0.05, 0.1) is 11.3 Å². The fraction of sp³-hybridized carbons (Fsp3) is 0.235. The molecule has 1 N–H and O–H groups in total. The van der Waals surface area contributed by atoms with E-state index in [1.807, 2.05) is 0 Å². The number of amides is 2. The topological polar surface area (TPSA) is 32.3 Å². The van der Waals surface area contributed by atoms with Crippen LogP contribution in [0.3, 0.4) is 0 Å². The maximum atomic E-state index is 13.7. The Hall–Kier alpha value is -2.22. The van der Waals surface area contributed by atoms with Crippen molar-refractivity contribution in [1.29, 1.82) is 0 Å². The predicted molar refractivity (Wildman–Crippen MR) is 88.8 cm³/mol. The standard InChI is InChI=1S/C17H14F4N2OS/c18-13-6-1-2-7-14(13)22-16(24)23-8-9-25-15(23)11-4-3-5-12(10-11)17(19,20)21/h1-7,10,15H,8-9H2,(H,22,24)/t15-/m1/s1. The van der Waals surface area contributed by atoms with E-state index in [0.29, 0.717) is 17.9 Å². The minimum atomic E-state index is -4.44. The molecule has 1 aliphatic heterocycles. The number of hydrogen-bond donors (Lipinski definition) is 1. The maximum absolute atomic E-state index is 13.7. The summed E-state index contributed by atoms with van der Waals surface area (Å²) in [5, 5.41) is 1.93.